The summed E-state index contributed by atoms with van der Waals surface area (Å²) in [7, 11) is -1.85. The molecule has 0 aliphatic rings. The molecule has 2 rings (SSSR count). The molecule has 2 aromatic rings. The molecular formula is C19H29N5O3S. The fourth-order valence-electron chi connectivity index (χ4n) is 2.40. The van der Waals surface area contributed by atoms with Gasteiger partial charge in [-0.3, -0.25) is 0 Å². The van der Waals surface area contributed by atoms with Crippen LogP contribution in [-0.2, 0) is 28.9 Å². The van der Waals surface area contributed by atoms with E-state index in [0.717, 1.165) is 29.1 Å². The van der Waals surface area contributed by atoms with E-state index in [9.17, 15) is 8.42 Å². The van der Waals surface area contributed by atoms with Gasteiger partial charge in [0.2, 0.25) is 10.0 Å². The fraction of sp³-hybridized carbons (Fsp3) is 0.474. The average Bonchev–Trinajstić information content (AvgIpc) is 3.14. The summed E-state index contributed by atoms with van der Waals surface area (Å²) in [6, 6.07) is 9.33. The van der Waals surface area contributed by atoms with Crippen LogP contribution in [0.4, 0.5) is 0 Å². The fourth-order valence-corrected chi connectivity index (χ4v) is 3.18. The molecule has 0 saturated heterocycles. The van der Waals surface area contributed by atoms with Gasteiger partial charge in [-0.05, 0) is 31.0 Å². The molecule has 3 N–H and O–H groups in total. The molecule has 0 bridgehead atoms. The first-order valence-electron chi connectivity index (χ1n) is 9.29. The molecule has 0 saturated carbocycles. The molecule has 8 nitrogen and oxygen atoms in total. The maximum Gasteiger partial charge on any atom is 0.215 e. The van der Waals surface area contributed by atoms with Crippen LogP contribution < -0.4 is 15.4 Å². The Balaban J connectivity index is 1.95. The summed E-state index contributed by atoms with van der Waals surface area (Å²) in [6.07, 6.45) is 0. The molecule has 0 radical (unpaired) electrons. The van der Waals surface area contributed by atoms with E-state index in [1.54, 1.807) is 0 Å². The number of hydrogen-bond acceptors (Lipinski definition) is 5. The molecule has 1 heterocycles. The summed E-state index contributed by atoms with van der Waals surface area (Å²) in [5.74, 6) is 1.72. The van der Waals surface area contributed by atoms with Crippen molar-refractivity contribution in [3.63, 3.8) is 0 Å². The highest BCUT2D eigenvalue weighted by Crippen LogP contribution is 2.13. The third-order valence-electron chi connectivity index (χ3n) is 4.05. The Bertz CT molecular complexity index is 873. The standard InChI is InChI=1S/C19H29N5O3S/c1-5-21-19(23-12-17-10-18(14(2)3)24-27-17)22-11-15-6-8-16(9-7-15)13-28(25,26)20-4/h6-10,14,20H,5,11-13H2,1-4H3,(H2,21,22,23). The topological polar surface area (TPSA) is 109 Å². The van der Waals surface area contributed by atoms with E-state index in [-0.39, 0.29) is 5.75 Å². The lowest BCUT2D eigenvalue weighted by molar-refractivity contribution is 0.372. The summed E-state index contributed by atoms with van der Waals surface area (Å²) in [5.41, 5.74) is 2.65. The van der Waals surface area contributed by atoms with Crippen molar-refractivity contribution >= 4 is 16.0 Å². The van der Waals surface area contributed by atoms with E-state index in [1.807, 2.05) is 37.3 Å². The SMILES string of the molecule is CCNC(=NCc1ccc(CS(=O)(=O)NC)cc1)NCc1cc(C(C)C)no1. The molecule has 0 fully saturated rings. The number of aromatic nitrogens is 1. The van der Waals surface area contributed by atoms with Crippen LogP contribution in [0.25, 0.3) is 0 Å². The number of aliphatic imine (C=N–C) groups is 1. The van der Waals surface area contributed by atoms with Crippen LogP contribution >= 0.6 is 0 Å². The van der Waals surface area contributed by atoms with Gasteiger partial charge in [-0.25, -0.2) is 18.1 Å². The molecule has 0 aliphatic carbocycles. The predicted octanol–water partition coefficient (Wildman–Crippen LogP) is 2.10. The van der Waals surface area contributed by atoms with Crippen LogP contribution in [0, 0.1) is 0 Å². The zero-order valence-corrected chi connectivity index (χ0v) is 17.6. The lowest BCUT2D eigenvalue weighted by Gasteiger charge is -2.10. The Morgan fingerprint density at radius 1 is 1.18 bits per heavy atom. The second kappa shape index (κ2) is 10.2. The molecule has 28 heavy (non-hydrogen) atoms. The molecule has 0 amide bonds. The van der Waals surface area contributed by atoms with Gasteiger partial charge in [-0.2, -0.15) is 0 Å². The lowest BCUT2D eigenvalue weighted by Crippen LogP contribution is -2.36. The first-order valence-corrected chi connectivity index (χ1v) is 10.9. The zero-order chi connectivity index (χ0) is 20.6. The largest absolute Gasteiger partial charge is 0.359 e. The molecule has 1 aromatic carbocycles. The van der Waals surface area contributed by atoms with E-state index in [1.165, 1.54) is 7.05 Å². The van der Waals surface area contributed by atoms with Crippen molar-refractivity contribution in [3.05, 3.63) is 52.9 Å². The number of nitrogens with one attached hydrogen (secondary N) is 3. The van der Waals surface area contributed by atoms with Gasteiger partial charge in [-0.1, -0.05) is 43.3 Å². The zero-order valence-electron chi connectivity index (χ0n) is 16.8. The summed E-state index contributed by atoms with van der Waals surface area (Å²) < 4.78 is 30.9. The van der Waals surface area contributed by atoms with Gasteiger partial charge in [0, 0.05) is 12.6 Å². The Hall–Kier alpha value is -2.39. The second-order valence-corrected chi connectivity index (χ2v) is 8.63. The van der Waals surface area contributed by atoms with Crippen LogP contribution in [0.3, 0.4) is 0 Å². The third-order valence-corrected chi connectivity index (χ3v) is 5.39. The van der Waals surface area contributed by atoms with Gasteiger partial charge < -0.3 is 15.2 Å². The molecule has 0 unspecified atom stereocenters. The third kappa shape index (κ3) is 6.97. The highest BCUT2D eigenvalue weighted by atomic mass is 32.2. The van der Waals surface area contributed by atoms with Crippen molar-refractivity contribution in [2.75, 3.05) is 13.6 Å². The van der Waals surface area contributed by atoms with Crippen molar-refractivity contribution < 1.29 is 12.9 Å². The number of hydrogen-bond donors (Lipinski definition) is 3. The minimum Gasteiger partial charge on any atom is -0.359 e. The molecule has 0 spiro atoms. The normalized spacial score (nSPS) is 12.4. The Morgan fingerprint density at radius 3 is 2.43 bits per heavy atom. The van der Waals surface area contributed by atoms with E-state index in [4.69, 9.17) is 4.52 Å². The van der Waals surface area contributed by atoms with Gasteiger partial charge in [0.1, 0.15) is 0 Å². The van der Waals surface area contributed by atoms with Crippen molar-refractivity contribution in [2.24, 2.45) is 4.99 Å². The van der Waals surface area contributed by atoms with Crippen molar-refractivity contribution in [1.29, 1.82) is 0 Å². The van der Waals surface area contributed by atoms with Crippen LogP contribution in [0.1, 0.15) is 49.3 Å². The van der Waals surface area contributed by atoms with Crippen LogP contribution in [-0.4, -0.2) is 33.1 Å². The van der Waals surface area contributed by atoms with Gasteiger partial charge in [0.15, 0.2) is 11.7 Å². The van der Waals surface area contributed by atoms with Gasteiger partial charge in [0.25, 0.3) is 0 Å². The highest BCUT2D eigenvalue weighted by molar-refractivity contribution is 7.88. The first-order chi connectivity index (χ1) is 13.3. The van der Waals surface area contributed by atoms with E-state index in [0.29, 0.717) is 25.0 Å². The van der Waals surface area contributed by atoms with E-state index < -0.39 is 10.0 Å². The van der Waals surface area contributed by atoms with Gasteiger partial charge >= 0.3 is 0 Å². The lowest BCUT2D eigenvalue weighted by atomic mass is 10.1. The van der Waals surface area contributed by atoms with Crippen molar-refractivity contribution in [3.8, 4) is 0 Å². The van der Waals surface area contributed by atoms with Crippen LogP contribution in [0.15, 0.2) is 39.8 Å². The maximum atomic E-state index is 11.6. The Morgan fingerprint density at radius 2 is 1.86 bits per heavy atom. The number of benzene rings is 1. The smallest absolute Gasteiger partial charge is 0.215 e. The monoisotopic (exact) mass is 407 g/mol. The molecule has 0 aliphatic heterocycles. The summed E-state index contributed by atoms with van der Waals surface area (Å²) in [5, 5.41) is 10.5. The van der Waals surface area contributed by atoms with Crippen molar-refractivity contribution in [2.45, 2.75) is 45.5 Å². The van der Waals surface area contributed by atoms with Crippen LogP contribution in [0.5, 0.6) is 0 Å². The minimum absolute atomic E-state index is 0.0349. The average molecular weight is 408 g/mol. The summed E-state index contributed by atoms with van der Waals surface area (Å²) >= 11 is 0. The van der Waals surface area contributed by atoms with E-state index in [2.05, 4.69) is 39.4 Å². The number of nitrogens with zero attached hydrogens (tertiary/aromatic N) is 2. The quantitative estimate of drug-likeness (QED) is 0.434. The molecule has 1 aromatic heterocycles. The number of guanidine groups is 1. The second-order valence-electron chi connectivity index (χ2n) is 6.70. The first kappa shape index (κ1) is 21.9. The molecule has 154 valence electrons. The highest BCUT2D eigenvalue weighted by Gasteiger charge is 2.09. The van der Waals surface area contributed by atoms with Crippen molar-refractivity contribution in [1.82, 2.24) is 20.5 Å². The Labute approximate surface area is 166 Å². The van der Waals surface area contributed by atoms with Crippen LogP contribution in [0.2, 0.25) is 0 Å². The maximum absolute atomic E-state index is 11.6. The van der Waals surface area contributed by atoms with Gasteiger partial charge in [0.05, 0.1) is 24.5 Å². The minimum atomic E-state index is -3.27. The molecule has 0 atom stereocenters. The van der Waals surface area contributed by atoms with E-state index >= 15 is 0 Å². The predicted molar refractivity (Wildman–Crippen MR) is 110 cm³/mol. The number of sulfonamides is 1. The summed E-state index contributed by atoms with van der Waals surface area (Å²) in [4.78, 5) is 4.56. The molecular weight excluding hydrogens is 378 g/mol. The Kier molecular flexibility index (Phi) is 8.01. The molecule has 9 heteroatoms. The number of rotatable bonds is 9. The van der Waals surface area contributed by atoms with Gasteiger partial charge in [-0.15, -0.1) is 0 Å². The summed E-state index contributed by atoms with van der Waals surface area (Å²) in [6.45, 7) is 7.84.